The third-order valence-corrected chi connectivity index (χ3v) is 3.31. The molecule has 0 aromatic carbocycles. The lowest BCUT2D eigenvalue weighted by atomic mass is 9.81. The molecular formula is C13H21N5. The first-order chi connectivity index (χ1) is 8.35. The third kappa shape index (κ3) is 3.88. The van der Waals surface area contributed by atoms with Crippen LogP contribution in [0.2, 0.25) is 0 Å². The Hall–Kier alpha value is -1.83. The number of aromatic nitrogens is 2. The van der Waals surface area contributed by atoms with Gasteiger partial charge in [0.15, 0.2) is 6.19 Å². The highest BCUT2D eigenvalue weighted by Gasteiger charge is 2.22. The fourth-order valence-corrected chi connectivity index (χ4v) is 1.30. The maximum absolute atomic E-state index is 8.59. The Balaban J connectivity index is 2.76. The van der Waals surface area contributed by atoms with Gasteiger partial charge >= 0.3 is 0 Å². The molecule has 18 heavy (non-hydrogen) atoms. The van der Waals surface area contributed by atoms with Crippen molar-refractivity contribution in [2.24, 2.45) is 11.3 Å². The van der Waals surface area contributed by atoms with E-state index in [2.05, 4.69) is 48.3 Å². The van der Waals surface area contributed by atoms with Crippen LogP contribution in [0.15, 0.2) is 6.07 Å². The summed E-state index contributed by atoms with van der Waals surface area (Å²) in [5.41, 5.74) is 0.182. The van der Waals surface area contributed by atoms with Gasteiger partial charge in [-0.25, -0.2) is 9.97 Å². The summed E-state index contributed by atoms with van der Waals surface area (Å²) >= 11 is 0. The molecule has 0 spiro atoms. The molecule has 2 N–H and O–H groups in total. The number of nitrogens with one attached hydrogen (secondary N) is 2. The van der Waals surface area contributed by atoms with Crippen LogP contribution in [0, 0.1) is 29.7 Å². The van der Waals surface area contributed by atoms with Gasteiger partial charge in [-0.15, -0.1) is 0 Å². The zero-order chi connectivity index (χ0) is 13.8. The van der Waals surface area contributed by atoms with Gasteiger partial charge in [0.25, 0.3) is 0 Å². The van der Waals surface area contributed by atoms with Crippen molar-refractivity contribution in [3.8, 4) is 6.19 Å². The summed E-state index contributed by atoms with van der Waals surface area (Å²) in [7, 11) is 0. The van der Waals surface area contributed by atoms with E-state index in [1.807, 2.05) is 6.19 Å². The number of anilines is 2. The molecule has 0 aliphatic rings. The first-order valence-corrected chi connectivity index (χ1v) is 6.10. The van der Waals surface area contributed by atoms with Gasteiger partial charge in [-0.1, -0.05) is 27.7 Å². The van der Waals surface area contributed by atoms with Gasteiger partial charge < -0.3 is 5.32 Å². The molecule has 1 heterocycles. The second kappa shape index (κ2) is 5.67. The molecule has 5 nitrogen and oxygen atoms in total. The molecule has 0 fully saturated rings. The summed E-state index contributed by atoms with van der Waals surface area (Å²) in [6.07, 6.45) is 1.86. The summed E-state index contributed by atoms with van der Waals surface area (Å²) in [5, 5.41) is 14.4. The minimum atomic E-state index is 0.182. The molecule has 0 saturated carbocycles. The maximum atomic E-state index is 8.59. The van der Waals surface area contributed by atoms with Gasteiger partial charge in [0.2, 0.25) is 0 Å². The third-order valence-electron chi connectivity index (χ3n) is 3.31. The number of nitrogens with zero attached hydrogens (tertiary/aromatic N) is 3. The Labute approximate surface area is 109 Å². The van der Waals surface area contributed by atoms with Crippen molar-refractivity contribution in [2.45, 2.75) is 34.6 Å². The molecule has 0 saturated heterocycles. The van der Waals surface area contributed by atoms with Crippen LogP contribution in [0.5, 0.6) is 0 Å². The zero-order valence-electron chi connectivity index (χ0n) is 11.7. The Kier molecular flexibility index (Phi) is 4.49. The molecule has 0 amide bonds. The highest BCUT2D eigenvalue weighted by Crippen LogP contribution is 2.26. The number of hydrogen-bond acceptors (Lipinski definition) is 5. The SMILES string of the molecule is Cc1nc(NC#N)cc(NCC(C)(C)C(C)C)n1. The van der Waals surface area contributed by atoms with E-state index in [1.54, 1.807) is 13.0 Å². The van der Waals surface area contributed by atoms with Gasteiger partial charge in [-0.05, 0) is 18.3 Å². The molecule has 0 unspecified atom stereocenters. The molecular weight excluding hydrogens is 226 g/mol. The van der Waals surface area contributed by atoms with Gasteiger partial charge in [-0.3, -0.25) is 5.32 Å². The highest BCUT2D eigenvalue weighted by atomic mass is 15.1. The fraction of sp³-hybridized carbons (Fsp3) is 0.615. The molecule has 98 valence electrons. The number of hydrogen-bond donors (Lipinski definition) is 2. The second-order valence-corrected chi connectivity index (χ2v) is 5.42. The number of rotatable bonds is 5. The lowest BCUT2D eigenvalue weighted by molar-refractivity contribution is 0.269. The maximum Gasteiger partial charge on any atom is 0.182 e. The van der Waals surface area contributed by atoms with Crippen LogP contribution in [0.4, 0.5) is 11.6 Å². The van der Waals surface area contributed by atoms with Crippen molar-refractivity contribution in [3.05, 3.63) is 11.9 Å². The van der Waals surface area contributed by atoms with Gasteiger partial charge in [-0.2, -0.15) is 5.26 Å². The Bertz CT molecular complexity index is 445. The lowest BCUT2D eigenvalue weighted by Gasteiger charge is -2.29. The topological polar surface area (TPSA) is 73.6 Å². The average molecular weight is 247 g/mol. The fourth-order valence-electron chi connectivity index (χ4n) is 1.30. The number of aryl methyl sites for hydroxylation is 1. The monoisotopic (exact) mass is 247 g/mol. The van der Waals surface area contributed by atoms with Crippen LogP contribution >= 0.6 is 0 Å². The van der Waals surface area contributed by atoms with Crippen molar-refractivity contribution in [1.29, 1.82) is 5.26 Å². The van der Waals surface area contributed by atoms with E-state index >= 15 is 0 Å². The zero-order valence-corrected chi connectivity index (χ0v) is 11.7. The molecule has 5 heteroatoms. The van der Waals surface area contributed by atoms with Crippen molar-refractivity contribution in [2.75, 3.05) is 17.2 Å². The molecule has 0 aliphatic heterocycles. The van der Waals surface area contributed by atoms with E-state index < -0.39 is 0 Å². The van der Waals surface area contributed by atoms with Crippen LogP contribution in [0.1, 0.15) is 33.5 Å². The predicted molar refractivity (Wildman–Crippen MR) is 73.1 cm³/mol. The van der Waals surface area contributed by atoms with Crippen LogP contribution in [-0.4, -0.2) is 16.5 Å². The summed E-state index contributed by atoms with van der Waals surface area (Å²) in [5.74, 6) is 2.48. The largest absolute Gasteiger partial charge is 0.369 e. The molecule has 0 bridgehead atoms. The van der Waals surface area contributed by atoms with Gasteiger partial charge in [0.05, 0.1) is 0 Å². The Morgan fingerprint density at radius 1 is 1.33 bits per heavy atom. The quantitative estimate of drug-likeness (QED) is 0.618. The Morgan fingerprint density at radius 3 is 2.50 bits per heavy atom. The van der Waals surface area contributed by atoms with Gasteiger partial charge in [0, 0.05) is 12.6 Å². The lowest BCUT2D eigenvalue weighted by Crippen LogP contribution is -2.28. The predicted octanol–water partition coefficient (Wildman–Crippen LogP) is 2.77. The van der Waals surface area contributed by atoms with Crippen LogP contribution in [0.3, 0.4) is 0 Å². The van der Waals surface area contributed by atoms with Crippen molar-refractivity contribution in [1.82, 2.24) is 9.97 Å². The molecule has 1 rings (SSSR count). The summed E-state index contributed by atoms with van der Waals surface area (Å²) in [6.45, 7) is 11.5. The van der Waals surface area contributed by atoms with Crippen molar-refractivity contribution < 1.29 is 0 Å². The normalized spacial score (nSPS) is 11.2. The first kappa shape index (κ1) is 14.2. The van der Waals surface area contributed by atoms with Gasteiger partial charge in [0.1, 0.15) is 17.5 Å². The summed E-state index contributed by atoms with van der Waals surface area (Å²) < 4.78 is 0. The molecule has 1 aromatic heterocycles. The Morgan fingerprint density at radius 2 is 1.94 bits per heavy atom. The minimum Gasteiger partial charge on any atom is -0.369 e. The van der Waals surface area contributed by atoms with E-state index in [4.69, 9.17) is 5.26 Å². The standard InChI is InChI=1S/C13H21N5/c1-9(2)13(4,5)7-15-11-6-12(16-8-14)18-10(3)17-11/h6,9H,7H2,1-5H3,(H2,15,16,17,18). The van der Waals surface area contributed by atoms with Crippen molar-refractivity contribution >= 4 is 11.6 Å². The van der Waals surface area contributed by atoms with Crippen LogP contribution in [-0.2, 0) is 0 Å². The molecule has 0 aliphatic carbocycles. The highest BCUT2D eigenvalue weighted by molar-refractivity contribution is 5.49. The van der Waals surface area contributed by atoms with Crippen LogP contribution in [0.25, 0.3) is 0 Å². The number of nitriles is 1. The smallest absolute Gasteiger partial charge is 0.182 e. The van der Waals surface area contributed by atoms with Crippen LogP contribution < -0.4 is 10.6 Å². The minimum absolute atomic E-state index is 0.182. The second-order valence-electron chi connectivity index (χ2n) is 5.42. The molecule has 1 aromatic rings. The molecule has 0 radical (unpaired) electrons. The average Bonchev–Trinajstić information content (AvgIpc) is 2.26. The van der Waals surface area contributed by atoms with E-state index in [1.165, 1.54) is 0 Å². The first-order valence-electron chi connectivity index (χ1n) is 6.10. The summed E-state index contributed by atoms with van der Waals surface area (Å²) in [4.78, 5) is 8.43. The van der Waals surface area contributed by atoms with E-state index in [0.717, 1.165) is 12.4 Å². The van der Waals surface area contributed by atoms with Crippen molar-refractivity contribution in [3.63, 3.8) is 0 Å². The van der Waals surface area contributed by atoms with E-state index in [0.29, 0.717) is 17.6 Å². The van der Waals surface area contributed by atoms with E-state index in [9.17, 15) is 0 Å². The molecule has 0 atom stereocenters. The van der Waals surface area contributed by atoms with E-state index in [-0.39, 0.29) is 5.41 Å². The summed E-state index contributed by atoms with van der Waals surface area (Å²) in [6, 6.07) is 1.74.